The van der Waals surface area contributed by atoms with Gasteiger partial charge in [0.05, 0.1) is 19.6 Å². The van der Waals surface area contributed by atoms with E-state index < -0.39 is 92.4 Å². The average molecular weight is 610 g/mol. The molecular weight excluding hydrogens is 604 g/mol. The summed E-state index contributed by atoms with van der Waals surface area (Å²) in [6, 6.07) is 4.27. The molecule has 20 heteroatoms. The molecule has 0 aromatic heterocycles. The van der Waals surface area contributed by atoms with Crippen molar-refractivity contribution in [1.82, 2.24) is 0 Å². The van der Waals surface area contributed by atoms with Gasteiger partial charge in [-0.25, -0.2) is 33.7 Å². The van der Waals surface area contributed by atoms with Crippen molar-refractivity contribution in [2.75, 3.05) is 0 Å². The molecule has 36 heavy (non-hydrogen) atoms. The number of benzene rings is 4. The van der Waals surface area contributed by atoms with Gasteiger partial charge in [-0.15, -0.1) is 0 Å². The first-order valence-electron chi connectivity index (χ1n) is 8.04. The number of hydrogen-bond donors (Lipinski definition) is 0. The van der Waals surface area contributed by atoms with Gasteiger partial charge in [0, 0.05) is 21.5 Å². The van der Waals surface area contributed by atoms with E-state index in [1.807, 2.05) is 0 Å². The Kier molecular flexibility index (Phi) is 12.7. The Labute approximate surface area is 294 Å². The van der Waals surface area contributed by atoms with Gasteiger partial charge in [-0.1, -0.05) is 24.3 Å². The summed E-state index contributed by atoms with van der Waals surface area (Å²) in [5.41, 5.74) is 0. The average Bonchev–Trinajstić information content (AvgIpc) is 2.61. The van der Waals surface area contributed by atoms with E-state index in [2.05, 4.69) is 0 Å². The summed E-state index contributed by atoms with van der Waals surface area (Å²) in [4.78, 5) is -4.63. The quantitative estimate of drug-likeness (QED) is 0.119. The van der Waals surface area contributed by atoms with Gasteiger partial charge in [0.25, 0.3) is 0 Å². The second kappa shape index (κ2) is 12.2. The van der Waals surface area contributed by atoms with Gasteiger partial charge in [0.1, 0.15) is 40.5 Å². The molecule has 0 fully saturated rings. The van der Waals surface area contributed by atoms with E-state index in [1.165, 1.54) is 0 Å². The molecule has 0 heterocycles. The minimum atomic E-state index is -5.40. The van der Waals surface area contributed by atoms with Crippen LogP contribution in [0, 0.1) is 0 Å². The van der Waals surface area contributed by atoms with Gasteiger partial charge < -0.3 is 18.2 Å². The summed E-state index contributed by atoms with van der Waals surface area (Å²) in [7, 11) is -21.6. The van der Waals surface area contributed by atoms with Crippen molar-refractivity contribution in [2.24, 2.45) is 0 Å². The molecule has 0 atom stereocenters. The minimum Gasteiger partial charge on any atom is -0.744 e. The van der Waals surface area contributed by atoms with E-state index in [1.54, 1.807) is 0 Å². The molecule has 0 saturated heterocycles. The van der Waals surface area contributed by atoms with Crippen molar-refractivity contribution in [2.45, 2.75) is 19.6 Å². The predicted octanol–water partition coefficient (Wildman–Crippen LogP) is -11.8. The van der Waals surface area contributed by atoms with Gasteiger partial charge in [-0.3, -0.25) is 0 Å². The Hall–Kier alpha value is 1.56. The third-order valence-electron chi connectivity index (χ3n) is 4.82. The SMILES string of the molecule is O=S(=O)([O-])c1cc(S(=O)(=O)[O-])c2ccc3c(S(=O)(=O)[O-])cc(S(=O)(=O)[O-])c4ccc1c2c43.[Na+].[Na+].[Na+].[Na+]. The molecule has 4 aromatic carbocycles. The maximum Gasteiger partial charge on any atom is 1.00 e. The fraction of sp³-hybridized carbons (Fsp3) is 0. The van der Waals surface area contributed by atoms with Crippen LogP contribution in [0.25, 0.3) is 32.3 Å². The Balaban J connectivity index is 0.00000306. The molecule has 0 saturated carbocycles. The van der Waals surface area contributed by atoms with Crippen LogP contribution in [0.4, 0.5) is 0 Å². The monoisotopic (exact) mass is 610 g/mol. The molecule has 0 aliphatic carbocycles. The van der Waals surface area contributed by atoms with Crippen molar-refractivity contribution in [1.29, 1.82) is 0 Å². The maximum absolute atomic E-state index is 11.8. The van der Waals surface area contributed by atoms with Crippen molar-refractivity contribution in [3.05, 3.63) is 36.4 Å². The molecule has 0 aliphatic rings. The van der Waals surface area contributed by atoms with Crippen LogP contribution in [0.1, 0.15) is 0 Å². The van der Waals surface area contributed by atoms with Crippen molar-refractivity contribution < 1.29 is 170 Å². The molecular formula is C16H6Na4O12S4. The molecule has 0 amide bonds. The zero-order chi connectivity index (χ0) is 24.0. The molecule has 4 rings (SSSR count). The summed E-state index contributed by atoms with van der Waals surface area (Å²) < 4.78 is 141. The van der Waals surface area contributed by atoms with Gasteiger partial charge in [0.15, 0.2) is 0 Å². The molecule has 0 radical (unpaired) electrons. The Morgan fingerprint density at radius 1 is 0.389 bits per heavy atom. The summed E-state index contributed by atoms with van der Waals surface area (Å²) in [5.74, 6) is 0. The van der Waals surface area contributed by atoms with Crippen LogP contribution in [0.2, 0.25) is 0 Å². The largest absolute Gasteiger partial charge is 1.00 e. The van der Waals surface area contributed by atoms with E-state index in [-0.39, 0.29) is 118 Å². The number of hydrogen-bond acceptors (Lipinski definition) is 12. The normalized spacial score (nSPS) is 12.4. The van der Waals surface area contributed by atoms with Crippen LogP contribution in [0.15, 0.2) is 56.0 Å². The van der Waals surface area contributed by atoms with Crippen LogP contribution in [-0.2, 0) is 40.5 Å². The van der Waals surface area contributed by atoms with Gasteiger partial charge in [0.2, 0.25) is 0 Å². The summed E-state index contributed by atoms with van der Waals surface area (Å²) in [5, 5.41) is -2.90. The first-order chi connectivity index (χ1) is 14.4. The fourth-order valence-electron chi connectivity index (χ4n) is 3.69. The van der Waals surface area contributed by atoms with Crippen LogP contribution >= 0.6 is 0 Å². The van der Waals surface area contributed by atoms with Gasteiger partial charge in [-0.05, 0) is 22.9 Å². The summed E-state index contributed by atoms with van der Waals surface area (Å²) in [6.07, 6.45) is 0. The van der Waals surface area contributed by atoms with E-state index in [0.29, 0.717) is 12.1 Å². The van der Waals surface area contributed by atoms with Crippen LogP contribution in [0.3, 0.4) is 0 Å². The summed E-state index contributed by atoms with van der Waals surface area (Å²) in [6.45, 7) is 0. The smallest absolute Gasteiger partial charge is 0.744 e. The Bertz CT molecular complexity index is 1650. The molecule has 0 N–H and O–H groups in total. The Morgan fingerprint density at radius 3 is 0.694 bits per heavy atom. The fourth-order valence-corrected chi connectivity index (χ4v) is 6.65. The van der Waals surface area contributed by atoms with Gasteiger partial charge >= 0.3 is 118 Å². The van der Waals surface area contributed by atoms with Crippen molar-refractivity contribution in [3.8, 4) is 0 Å². The molecule has 12 nitrogen and oxygen atoms in total. The van der Waals surface area contributed by atoms with E-state index in [0.717, 1.165) is 24.3 Å². The van der Waals surface area contributed by atoms with Crippen molar-refractivity contribution in [3.63, 3.8) is 0 Å². The van der Waals surface area contributed by atoms with Crippen LogP contribution in [-0.4, -0.2) is 51.9 Å². The second-order valence-electron chi connectivity index (χ2n) is 6.63. The van der Waals surface area contributed by atoms with Crippen molar-refractivity contribution >= 4 is 72.8 Å². The van der Waals surface area contributed by atoms with Crippen LogP contribution < -0.4 is 118 Å². The predicted molar refractivity (Wildman–Crippen MR) is 102 cm³/mol. The molecule has 0 unspecified atom stereocenters. The van der Waals surface area contributed by atoms with E-state index >= 15 is 0 Å². The second-order valence-corrected chi connectivity index (χ2v) is 12.0. The molecule has 0 spiro atoms. The molecule has 170 valence electrons. The van der Waals surface area contributed by atoms with Gasteiger partial charge in [-0.2, -0.15) is 0 Å². The molecule has 0 bridgehead atoms. The maximum atomic E-state index is 11.8. The van der Waals surface area contributed by atoms with E-state index in [9.17, 15) is 51.9 Å². The van der Waals surface area contributed by atoms with Crippen LogP contribution in [0.5, 0.6) is 0 Å². The third kappa shape index (κ3) is 6.71. The molecule has 4 aromatic rings. The first-order valence-corrected chi connectivity index (χ1v) is 13.7. The summed E-state index contributed by atoms with van der Waals surface area (Å²) >= 11 is 0. The van der Waals surface area contributed by atoms with E-state index in [4.69, 9.17) is 0 Å². The zero-order valence-corrected chi connectivity index (χ0v) is 30.3. The first kappa shape index (κ1) is 37.6. The Morgan fingerprint density at radius 2 is 0.556 bits per heavy atom. The number of rotatable bonds is 4. The minimum absolute atomic E-state index is 0. The molecule has 0 aliphatic heterocycles. The topological polar surface area (TPSA) is 229 Å². The third-order valence-corrected chi connectivity index (χ3v) is 8.33. The zero-order valence-electron chi connectivity index (χ0n) is 19.0. The standard InChI is InChI=1S/C16H10O12S4.4Na/c17-29(18,19)11-5-13(31(23,24)25)9-3-4-10-14(32(26,27)28)6-12(30(20,21)22)8-2-1-7(11)15(9)16(8)10;;;;/h1-6H,(H,17,18,19)(H,20,21,22)(H,23,24,25)(H,26,27,28);;;;/q;4*+1/p-4.